The van der Waals surface area contributed by atoms with Gasteiger partial charge in [-0.2, -0.15) is 0 Å². The summed E-state index contributed by atoms with van der Waals surface area (Å²) in [6, 6.07) is 5.64. The van der Waals surface area contributed by atoms with E-state index in [1.807, 2.05) is 18.3 Å². The number of pyridine rings is 2. The number of fused-ring (bicyclic) bond motifs is 1. The van der Waals surface area contributed by atoms with E-state index < -0.39 is 0 Å². The summed E-state index contributed by atoms with van der Waals surface area (Å²) in [7, 11) is 7.23. The van der Waals surface area contributed by atoms with Crippen LogP contribution in [0.25, 0.3) is 22.0 Å². The minimum absolute atomic E-state index is 0.0524. The molecule has 2 aliphatic heterocycles. The molecule has 0 radical (unpaired) electrons. The molecular formula is C33H42Cl2N6O4. The number of hydrogen-bond donors (Lipinski definition) is 2. The van der Waals surface area contributed by atoms with Gasteiger partial charge in [-0.1, -0.05) is 29.8 Å². The number of hydrogen-bond acceptors (Lipinski definition) is 10. The number of anilines is 2. The van der Waals surface area contributed by atoms with Crippen LogP contribution < -0.4 is 20.1 Å². The van der Waals surface area contributed by atoms with Gasteiger partial charge in [-0.05, 0) is 45.1 Å². The zero-order valence-electron chi connectivity index (χ0n) is 26.4. The lowest BCUT2D eigenvalue weighted by Crippen LogP contribution is -2.32. The van der Waals surface area contributed by atoms with Gasteiger partial charge in [0.2, 0.25) is 0 Å². The summed E-state index contributed by atoms with van der Waals surface area (Å²) >= 11 is 13.6. The van der Waals surface area contributed by atoms with E-state index in [0.29, 0.717) is 57.4 Å². The highest BCUT2D eigenvalue weighted by molar-refractivity contribution is 6.41. The summed E-state index contributed by atoms with van der Waals surface area (Å²) in [5.41, 5.74) is 1.07. The van der Waals surface area contributed by atoms with Crippen LogP contribution in [0.2, 0.25) is 10.0 Å². The number of aromatic nitrogens is 2. The van der Waals surface area contributed by atoms with Crippen molar-refractivity contribution in [1.82, 2.24) is 19.8 Å². The number of ketones is 1. The molecule has 3 aromatic rings. The molecule has 0 amide bonds. The molecule has 12 heteroatoms. The lowest BCUT2D eigenvalue weighted by atomic mass is 9.97. The van der Waals surface area contributed by atoms with Crippen LogP contribution in [-0.2, 0) is 9.53 Å². The third-order valence-corrected chi connectivity index (χ3v) is 9.22. The molecule has 45 heavy (non-hydrogen) atoms. The van der Waals surface area contributed by atoms with Crippen LogP contribution in [0.5, 0.6) is 11.5 Å². The second-order valence-electron chi connectivity index (χ2n) is 11.9. The Bertz CT molecular complexity index is 1500. The van der Waals surface area contributed by atoms with Gasteiger partial charge in [0, 0.05) is 86.3 Å². The van der Waals surface area contributed by atoms with Gasteiger partial charge >= 0.3 is 0 Å². The van der Waals surface area contributed by atoms with E-state index in [-0.39, 0.29) is 23.8 Å². The number of likely N-dealkylation sites (tertiary alicyclic amines) is 1. The Morgan fingerprint density at radius 1 is 1.18 bits per heavy atom. The number of allylic oxidation sites excluding steroid dienone is 1. The molecule has 242 valence electrons. The Balaban J connectivity index is 1.51. The topological polar surface area (TPSA) is 101 Å². The first-order chi connectivity index (χ1) is 21.7. The highest BCUT2D eigenvalue weighted by Crippen LogP contribution is 2.46. The molecule has 10 nitrogen and oxygen atoms in total. The third-order valence-electron chi connectivity index (χ3n) is 8.47. The molecular weight excluding hydrogens is 615 g/mol. The minimum Gasteiger partial charge on any atom is -0.495 e. The molecule has 0 aliphatic carbocycles. The molecule has 2 aliphatic rings. The number of ether oxygens (including phenoxy) is 3. The molecule has 4 heterocycles. The van der Waals surface area contributed by atoms with E-state index in [0.717, 1.165) is 56.4 Å². The van der Waals surface area contributed by atoms with Gasteiger partial charge < -0.3 is 29.7 Å². The van der Waals surface area contributed by atoms with Crippen LogP contribution in [0.15, 0.2) is 37.1 Å². The first kappa shape index (κ1) is 33.2. The fourth-order valence-corrected chi connectivity index (χ4v) is 6.70. The zero-order chi connectivity index (χ0) is 32.1. The van der Waals surface area contributed by atoms with Crippen LogP contribution in [-0.4, -0.2) is 105 Å². The summed E-state index contributed by atoms with van der Waals surface area (Å²) in [5, 5.41) is 9.58. The fourth-order valence-electron chi connectivity index (χ4n) is 6.00. The fraction of sp³-hybridized carbons (Fsp3) is 0.485. The minimum atomic E-state index is 0.0524. The number of carbonyl (C=O) groups is 1. The van der Waals surface area contributed by atoms with E-state index >= 15 is 0 Å². The number of rotatable bonds is 14. The third kappa shape index (κ3) is 7.81. The largest absolute Gasteiger partial charge is 0.495 e. The van der Waals surface area contributed by atoms with Crippen molar-refractivity contribution in [3.63, 3.8) is 0 Å². The summed E-state index contributed by atoms with van der Waals surface area (Å²) < 4.78 is 16.9. The molecule has 2 aromatic heterocycles. The number of likely N-dealkylation sites (N-methyl/N-ethyl adjacent to an activating group) is 1. The predicted octanol–water partition coefficient (Wildman–Crippen LogP) is 5.63. The number of nitrogens with zero attached hydrogens (tertiary/aromatic N) is 4. The SMILES string of the molecule is C=CC(=O)C[C@H]1CN(CCN(C)C)C[C@H]1Nc1cc2c(NCC3CCCO3)nc(-c3c(Cl)c(OC)cc(OC)c3Cl)cc2cn1. The van der Waals surface area contributed by atoms with Crippen molar-refractivity contribution >= 4 is 51.4 Å². The van der Waals surface area contributed by atoms with Crippen molar-refractivity contribution in [2.24, 2.45) is 5.92 Å². The average Bonchev–Trinajstić information content (AvgIpc) is 3.69. The number of carbonyl (C=O) groups excluding carboxylic acids is 1. The molecule has 5 rings (SSSR count). The molecule has 3 atom stereocenters. The van der Waals surface area contributed by atoms with Crippen molar-refractivity contribution < 1.29 is 19.0 Å². The lowest BCUT2D eigenvalue weighted by molar-refractivity contribution is -0.115. The van der Waals surface area contributed by atoms with Crippen molar-refractivity contribution in [3.8, 4) is 22.8 Å². The highest BCUT2D eigenvalue weighted by atomic mass is 35.5. The lowest BCUT2D eigenvalue weighted by Gasteiger charge is -2.21. The number of benzene rings is 1. The van der Waals surface area contributed by atoms with Crippen molar-refractivity contribution in [2.75, 3.05) is 78.3 Å². The normalized spacial score (nSPS) is 20.1. The summed E-state index contributed by atoms with van der Waals surface area (Å²) in [6.45, 7) is 8.58. The van der Waals surface area contributed by atoms with Gasteiger partial charge in [0.1, 0.15) is 23.1 Å². The Morgan fingerprint density at radius 2 is 1.93 bits per heavy atom. The molecule has 0 saturated carbocycles. The van der Waals surface area contributed by atoms with Gasteiger partial charge in [0.05, 0.1) is 36.1 Å². The summed E-state index contributed by atoms with van der Waals surface area (Å²) in [5.74, 6) is 2.43. The average molecular weight is 658 g/mol. The Labute approximate surface area is 275 Å². The van der Waals surface area contributed by atoms with Crippen molar-refractivity contribution in [1.29, 1.82) is 0 Å². The summed E-state index contributed by atoms with van der Waals surface area (Å²) in [6.07, 6.45) is 5.80. The first-order valence-electron chi connectivity index (χ1n) is 15.3. The number of halogens is 2. The molecule has 1 aromatic carbocycles. The molecule has 0 spiro atoms. The number of methoxy groups -OCH3 is 2. The number of nitrogens with one attached hydrogen (secondary N) is 2. The van der Waals surface area contributed by atoms with Gasteiger partial charge in [-0.25, -0.2) is 9.97 Å². The molecule has 2 fully saturated rings. The maximum Gasteiger partial charge on any atom is 0.155 e. The molecule has 0 bridgehead atoms. The van der Waals surface area contributed by atoms with E-state index in [4.69, 9.17) is 47.4 Å². The van der Waals surface area contributed by atoms with Crippen LogP contribution in [0, 0.1) is 5.92 Å². The van der Waals surface area contributed by atoms with E-state index in [1.165, 1.54) is 6.08 Å². The first-order valence-corrected chi connectivity index (χ1v) is 16.0. The molecule has 1 unspecified atom stereocenters. The maximum absolute atomic E-state index is 12.4. The molecule has 2 saturated heterocycles. The zero-order valence-corrected chi connectivity index (χ0v) is 27.9. The maximum atomic E-state index is 12.4. The van der Waals surface area contributed by atoms with Gasteiger partial charge in [-0.3, -0.25) is 9.69 Å². The second kappa shape index (κ2) is 15.0. The quantitative estimate of drug-likeness (QED) is 0.212. The smallest absolute Gasteiger partial charge is 0.155 e. The highest BCUT2D eigenvalue weighted by Gasteiger charge is 2.34. The van der Waals surface area contributed by atoms with E-state index in [2.05, 4.69) is 41.1 Å². The van der Waals surface area contributed by atoms with Gasteiger partial charge in [-0.15, -0.1) is 0 Å². The Morgan fingerprint density at radius 3 is 2.58 bits per heavy atom. The van der Waals surface area contributed by atoms with Crippen LogP contribution in [0.1, 0.15) is 19.3 Å². The monoisotopic (exact) mass is 656 g/mol. The van der Waals surface area contributed by atoms with E-state index in [9.17, 15) is 4.79 Å². The summed E-state index contributed by atoms with van der Waals surface area (Å²) in [4.78, 5) is 26.8. The predicted molar refractivity (Wildman–Crippen MR) is 181 cm³/mol. The Kier molecular flexibility index (Phi) is 11.0. The van der Waals surface area contributed by atoms with Crippen molar-refractivity contribution in [3.05, 3.63) is 47.1 Å². The Hall–Kier alpha value is -3.15. The van der Waals surface area contributed by atoms with Crippen LogP contribution >= 0.6 is 23.2 Å². The van der Waals surface area contributed by atoms with Crippen LogP contribution in [0.3, 0.4) is 0 Å². The van der Waals surface area contributed by atoms with Gasteiger partial charge in [0.25, 0.3) is 0 Å². The second-order valence-corrected chi connectivity index (χ2v) is 12.7. The van der Waals surface area contributed by atoms with Crippen LogP contribution in [0.4, 0.5) is 11.6 Å². The van der Waals surface area contributed by atoms with Crippen molar-refractivity contribution in [2.45, 2.75) is 31.4 Å². The standard InChI is InChI=1S/C33H42Cl2N6O4/c1-6-22(42)12-21-18-41(10-9-40(2)3)19-26(21)38-29-14-24-20(16-36-29)13-25(39-33(24)37-17-23-8-7-11-45-23)30-31(34)27(43-4)15-28(44-5)32(30)35/h6,13-16,21,23,26H,1,7-12,17-19H2,2-5H3,(H,36,38)(H,37,39)/t21-,23?,26+/m0/s1. The van der Waals surface area contributed by atoms with E-state index in [1.54, 1.807) is 20.3 Å². The van der Waals surface area contributed by atoms with Gasteiger partial charge in [0.15, 0.2) is 5.78 Å². The molecule has 2 N–H and O–H groups in total.